The van der Waals surface area contributed by atoms with E-state index in [1.165, 1.54) is 0 Å². The highest BCUT2D eigenvalue weighted by molar-refractivity contribution is 5.90. The minimum absolute atomic E-state index is 0.00737. The van der Waals surface area contributed by atoms with Crippen LogP contribution < -0.4 is 10.1 Å². The van der Waals surface area contributed by atoms with Gasteiger partial charge in [0.2, 0.25) is 5.91 Å². The number of aliphatic hydroxyl groups is 1. The summed E-state index contributed by atoms with van der Waals surface area (Å²) in [7, 11) is 0. The summed E-state index contributed by atoms with van der Waals surface area (Å²) in [6.07, 6.45) is 6.87. The molecular weight excluding hydrogens is 342 g/mol. The number of nitrogens with zero attached hydrogens (tertiary/aromatic N) is 2. The highest BCUT2D eigenvalue weighted by Gasteiger charge is 2.04. The molecule has 0 atom stereocenters. The van der Waals surface area contributed by atoms with E-state index in [2.05, 4.69) is 15.3 Å². The summed E-state index contributed by atoms with van der Waals surface area (Å²) in [5.41, 5.74) is 2.45. The van der Waals surface area contributed by atoms with E-state index in [0.29, 0.717) is 17.9 Å². The van der Waals surface area contributed by atoms with Crippen molar-refractivity contribution in [3.05, 3.63) is 78.4 Å². The maximum absolute atomic E-state index is 12.0. The number of carbonyl (C=O) groups excluding carboxylic acids is 1. The molecule has 1 amide bonds. The Morgan fingerprint density at radius 2 is 1.70 bits per heavy atom. The van der Waals surface area contributed by atoms with Gasteiger partial charge in [-0.1, -0.05) is 12.1 Å². The van der Waals surface area contributed by atoms with Crippen LogP contribution in [0.4, 0.5) is 5.69 Å². The molecule has 6 nitrogen and oxygen atoms in total. The summed E-state index contributed by atoms with van der Waals surface area (Å²) in [6, 6.07) is 14.4. The molecule has 0 aliphatic heterocycles. The number of ether oxygens (including phenoxy) is 1. The molecule has 138 valence electrons. The summed E-state index contributed by atoms with van der Waals surface area (Å²) in [5.74, 6) is 1.33. The number of aryl methyl sites for hydroxylation is 1. The van der Waals surface area contributed by atoms with Crippen LogP contribution in [0, 0.1) is 0 Å². The molecule has 1 aromatic heterocycles. The fourth-order valence-corrected chi connectivity index (χ4v) is 2.52. The Bertz CT molecular complexity index is 850. The Hall–Kier alpha value is -3.25. The van der Waals surface area contributed by atoms with E-state index in [1.807, 2.05) is 12.1 Å². The maximum Gasteiger partial charge on any atom is 0.224 e. The van der Waals surface area contributed by atoms with Crippen molar-refractivity contribution in [3.8, 4) is 11.5 Å². The summed E-state index contributed by atoms with van der Waals surface area (Å²) >= 11 is 0. The number of benzene rings is 2. The standard InChI is InChI=1S/C21H21N3O3/c25-15-16-4-8-19(9-5-16)27-20-10-6-17(7-11-20)24-21(26)3-1-2-18-14-22-12-13-23-18/h4-14,25H,1-3,15H2,(H,24,26). The summed E-state index contributed by atoms with van der Waals surface area (Å²) in [4.78, 5) is 20.2. The van der Waals surface area contributed by atoms with Crippen LogP contribution in [0.2, 0.25) is 0 Å². The zero-order chi connectivity index (χ0) is 18.9. The highest BCUT2D eigenvalue weighted by Crippen LogP contribution is 2.23. The van der Waals surface area contributed by atoms with E-state index in [0.717, 1.165) is 29.8 Å². The fraction of sp³-hybridized carbons (Fsp3) is 0.190. The molecular formula is C21H21N3O3. The van der Waals surface area contributed by atoms with E-state index in [4.69, 9.17) is 9.84 Å². The van der Waals surface area contributed by atoms with E-state index < -0.39 is 0 Å². The minimum atomic E-state index is -0.0350. The van der Waals surface area contributed by atoms with E-state index >= 15 is 0 Å². The molecule has 0 unspecified atom stereocenters. The number of hydrogen-bond acceptors (Lipinski definition) is 5. The fourth-order valence-electron chi connectivity index (χ4n) is 2.52. The van der Waals surface area contributed by atoms with Crippen LogP contribution in [0.15, 0.2) is 67.1 Å². The quantitative estimate of drug-likeness (QED) is 0.637. The first-order chi connectivity index (χ1) is 13.2. The molecule has 0 fully saturated rings. The number of rotatable bonds is 8. The number of nitrogens with one attached hydrogen (secondary N) is 1. The van der Waals surface area contributed by atoms with Gasteiger partial charge in [0.25, 0.3) is 0 Å². The zero-order valence-corrected chi connectivity index (χ0v) is 14.8. The molecule has 1 heterocycles. The molecule has 3 aromatic rings. The third kappa shape index (κ3) is 5.90. The third-order valence-corrected chi connectivity index (χ3v) is 3.93. The lowest BCUT2D eigenvalue weighted by Gasteiger charge is -2.08. The van der Waals surface area contributed by atoms with Gasteiger partial charge in [0.15, 0.2) is 0 Å². The van der Waals surface area contributed by atoms with Crippen LogP contribution in [0.25, 0.3) is 0 Å². The average molecular weight is 363 g/mol. The van der Waals surface area contributed by atoms with Crippen LogP contribution in [0.5, 0.6) is 11.5 Å². The van der Waals surface area contributed by atoms with Gasteiger partial charge in [-0.25, -0.2) is 0 Å². The molecule has 0 radical (unpaired) electrons. The van der Waals surface area contributed by atoms with Gasteiger partial charge >= 0.3 is 0 Å². The number of aromatic nitrogens is 2. The number of anilines is 1. The first-order valence-electron chi connectivity index (χ1n) is 8.75. The van der Waals surface area contributed by atoms with Gasteiger partial charge in [-0.2, -0.15) is 0 Å². The number of hydrogen-bond donors (Lipinski definition) is 2. The van der Waals surface area contributed by atoms with Crippen molar-refractivity contribution in [3.63, 3.8) is 0 Å². The van der Waals surface area contributed by atoms with Crippen molar-refractivity contribution in [1.29, 1.82) is 0 Å². The molecule has 0 aliphatic rings. The average Bonchev–Trinajstić information content (AvgIpc) is 2.71. The van der Waals surface area contributed by atoms with Crippen molar-refractivity contribution in [2.45, 2.75) is 25.9 Å². The maximum atomic E-state index is 12.0. The lowest BCUT2D eigenvalue weighted by Crippen LogP contribution is -2.11. The highest BCUT2D eigenvalue weighted by atomic mass is 16.5. The molecule has 2 aromatic carbocycles. The summed E-state index contributed by atoms with van der Waals surface area (Å²) < 4.78 is 5.74. The van der Waals surface area contributed by atoms with Gasteiger partial charge in [0.05, 0.1) is 12.3 Å². The molecule has 3 rings (SSSR count). The topological polar surface area (TPSA) is 84.3 Å². The Morgan fingerprint density at radius 3 is 2.33 bits per heavy atom. The summed E-state index contributed by atoms with van der Waals surface area (Å²) in [5, 5.41) is 11.9. The third-order valence-electron chi connectivity index (χ3n) is 3.93. The zero-order valence-electron chi connectivity index (χ0n) is 14.8. The lowest BCUT2D eigenvalue weighted by molar-refractivity contribution is -0.116. The predicted molar refractivity (Wildman–Crippen MR) is 102 cm³/mol. The molecule has 0 saturated heterocycles. The molecule has 0 spiro atoms. The van der Waals surface area contributed by atoms with Gasteiger partial charge < -0.3 is 15.2 Å². The smallest absolute Gasteiger partial charge is 0.224 e. The van der Waals surface area contributed by atoms with Gasteiger partial charge in [-0.15, -0.1) is 0 Å². The predicted octanol–water partition coefficient (Wildman–Crippen LogP) is 3.72. The summed E-state index contributed by atoms with van der Waals surface area (Å²) in [6.45, 7) is 0.00737. The van der Waals surface area contributed by atoms with Crippen LogP contribution >= 0.6 is 0 Å². The van der Waals surface area contributed by atoms with Crippen LogP contribution in [0.3, 0.4) is 0 Å². The second-order valence-corrected chi connectivity index (χ2v) is 6.03. The Kier molecular flexibility index (Phi) is 6.49. The largest absolute Gasteiger partial charge is 0.457 e. The molecule has 27 heavy (non-hydrogen) atoms. The normalized spacial score (nSPS) is 10.4. The number of aliphatic hydroxyl groups excluding tert-OH is 1. The van der Waals surface area contributed by atoms with E-state index in [-0.39, 0.29) is 12.5 Å². The van der Waals surface area contributed by atoms with Gasteiger partial charge in [0, 0.05) is 30.7 Å². The second-order valence-electron chi connectivity index (χ2n) is 6.03. The molecule has 0 saturated carbocycles. The molecule has 6 heteroatoms. The first-order valence-corrected chi connectivity index (χ1v) is 8.75. The second kappa shape index (κ2) is 9.45. The Labute approximate surface area is 157 Å². The number of carbonyl (C=O) groups is 1. The van der Waals surface area contributed by atoms with E-state index in [9.17, 15) is 4.79 Å². The molecule has 0 aliphatic carbocycles. The Balaban J connectivity index is 1.45. The number of amides is 1. The Morgan fingerprint density at radius 1 is 1.00 bits per heavy atom. The van der Waals surface area contributed by atoms with Crippen LogP contribution in [-0.4, -0.2) is 21.0 Å². The molecule has 0 bridgehead atoms. The van der Waals surface area contributed by atoms with Crippen LogP contribution in [-0.2, 0) is 17.8 Å². The van der Waals surface area contributed by atoms with Crippen LogP contribution in [0.1, 0.15) is 24.1 Å². The van der Waals surface area contributed by atoms with Crippen molar-refractivity contribution in [2.75, 3.05) is 5.32 Å². The van der Waals surface area contributed by atoms with Crippen molar-refractivity contribution in [1.82, 2.24) is 9.97 Å². The minimum Gasteiger partial charge on any atom is -0.457 e. The van der Waals surface area contributed by atoms with Crippen molar-refractivity contribution < 1.29 is 14.6 Å². The van der Waals surface area contributed by atoms with E-state index in [1.54, 1.807) is 55.0 Å². The SMILES string of the molecule is O=C(CCCc1cnccn1)Nc1ccc(Oc2ccc(CO)cc2)cc1. The van der Waals surface area contributed by atoms with Gasteiger partial charge in [-0.05, 0) is 54.8 Å². The lowest BCUT2D eigenvalue weighted by atomic mass is 10.2. The first kappa shape index (κ1) is 18.5. The van der Waals surface area contributed by atoms with Crippen molar-refractivity contribution in [2.24, 2.45) is 0 Å². The van der Waals surface area contributed by atoms with Gasteiger partial charge in [0.1, 0.15) is 11.5 Å². The van der Waals surface area contributed by atoms with Crippen molar-refractivity contribution >= 4 is 11.6 Å². The monoisotopic (exact) mass is 363 g/mol. The van der Waals surface area contributed by atoms with Gasteiger partial charge in [-0.3, -0.25) is 14.8 Å². The molecule has 2 N–H and O–H groups in total.